The Morgan fingerprint density at radius 2 is 2.29 bits per heavy atom. The average molecular weight is 197 g/mol. The molecule has 0 bridgehead atoms. The molecule has 2 fully saturated rings. The summed E-state index contributed by atoms with van der Waals surface area (Å²) in [4.78, 5) is 13.8. The van der Waals surface area contributed by atoms with E-state index >= 15 is 0 Å². The van der Waals surface area contributed by atoms with Gasteiger partial charge in [0.05, 0.1) is 6.04 Å². The van der Waals surface area contributed by atoms with Crippen LogP contribution in [0.5, 0.6) is 0 Å². The molecule has 0 aromatic heterocycles. The lowest BCUT2D eigenvalue weighted by atomic mass is 10.0. The highest BCUT2D eigenvalue weighted by Gasteiger charge is 2.54. The fraction of sp³-hybridized carbons (Fsp3) is 0.900. The minimum atomic E-state index is -0.392. The van der Waals surface area contributed by atoms with Crippen LogP contribution < -0.4 is 11.1 Å². The van der Waals surface area contributed by atoms with Crippen molar-refractivity contribution >= 4 is 5.91 Å². The lowest BCUT2D eigenvalue weighted by Crippen LogP contribution is -2.47. The summed E-state index contributed by atoms with van der Waals surface area (Å²) in [6.07, 6.45) is 2.50. The summed E-state index contributed by atoms with van der Waals surface area (Å²) >= 11 is 0. The van der Waals surface area contributed by atoms with Gasteiger partial charge in [-0.3, -0.25) is 4.79 Å². The summed E-state index contributed by atoms with van der Waals surface area (Å²) in [6.45, 7) is 3.82. The van der Waals surface area contributed by atoms with Gasteiger partial charge in [0.25, 0.3) is 0 Å². The van der Waals surface area contributed by atoms with E-state index in [0.29, 0.717) is 11.5 Å². The Morgan fingerprint density at radius 1 is 1.64 bits per heavy atom. The predicted molar refractivity (Wildman–Crippen MR) is 54.7 cm³/mol. The van der Waals surface area contributed by atoms with E-state index in [1.165, 1.54) is 12.8 Å². The van der Waals surface area contributed by atoms with Gasteiger partial charge in [-0.05, 0) is 26.8 Å². The Kier molecular flexibility index (Phi) is 2.27. The Balaban J connectivity index is 1.95. The van der Waals surface area contributed by atoms with Gasteiger partial charge >= 0.3 is 0 Å². The van der Waals surface area contributed by atoms with Crippen LogP contribution >= 0.6 is 0 Å². The van der Waals surface area contributed by atoms with Crippen LogP contribution in [0.15, 0.2) is 0 Å². The molecule has 4 nitrogen and oxygen atoms in total. The maximum Gasteiger partial charge on any atom is 0.236 e. The molecule has 1 amide bonds. The third kappa shape index (κ3) is 1.64. The van der Waals surface area contributed by atoms with Gasteiger partial charge in [-0.1, -0.05) is 0 Å². The van der Waals surface area contributed by atoms with E-state index in [2.05, 4.69) is 17.3 Å². The molecular weight excluding hydrogens is 178 g/mol. The monoisotopic (exact) mass is 197 g/mol. The highest BCUT2D eigenvalue weighted by molar-refractivity contribution is 5.81. The summed E-state index contributed by atoms with van der Waals surface area (Å²) in [5, 5.41) is 3.06. The highest BCUT2D eigenvalue weighted by atomic mass is 16.2. The molecule has 2 aliphatic rings. The van der Waals surface area contributed by atoms with Crippen molar-refractivity contribution in [2.75, 3.05) is 20.1 Å². The number of rotatable bonds is 2. The number of hydrogen-bond acceptors (Lipinski definition) is 3. The molecule has 80 valence electrons. The Hall–Kier alpha value is -0.610. The van der Waals surface area contributed by atoms with Crippen molar-refractivity contribution in [1.82, 2.24) is 10.2 Å². The number of likely N-dealkylation sites (tertiary alicyclic amines) is 1. The molecule has 0 radical (unpaired) electrons. The van der Waals surface area contributed by atoms with Crippen molar-refractivity contribution in [1.29, 1.82) is 0 Å². The normalized spacial score (nSPS) is 31.8. The van der Waals surface area contributed by atoms with Crippen LogP contribution in [0.25, 0.3) is 0 Å². The van der Waals surface area contributed by atoms with Gasteiger partial charge < -0.3 is 16.0 Å². The smallest absolute Gasteiger partial charge is 0.236 e. The molecule has 4 heteroatoms. The molecule has 14 heavy (non-hydrogen) atoms. The topological polar surface area (TPSA) is 58.4 Å². The van der Waals surface area contributed by atoms with E-state index in [1.807, 2.05) is 0 Å². The van der Waals surface area contributed by atoms with E-state index in [-0.39, 0.29) is 5.91 Å². The number of nitrogens with one attached hydrogen (secondary N) is 1. The second kappa shape index (κ2) is 3.21. The van der Waals surface area contributed by atoms with Crippen LogP contribution in [-0.2, 0) is 4.79 Å². The zero-order chi connectivity index (χ0) is 10.3. The van der Waals surface area contributed by atoms with E-state index < -0.39 is 6.04 Å². The van der Waals surface area contributed by atoms with Gasteiger partial charge in [0, 0.05) is 24.5 Å². The lowest BCUT2D eigenvalue weighted by molar-refractivity contribution is -0.122. The lowest BCUT2D eigenvalue weighted by Gasteiger charge is -2.19. The molecule has 0 aromatic carbocycles. The maximum atomic E-state index is 11.5. The largest absolute Gasteiger partial charge is 0.350 e. The van der Waals surface area contributed by atoms with Crippen molar-refractivity contribution in [3.8, 4) is 0 Å². The minimum Gasteiger partial charge on any atom is -0.350 e. The quantitative estimate of drug-likeness (QED) is 0.630. The van der Waals surface area contributed by atoms with Gasteiger partial charge in [-0.15, -0.1) is 0 Å². The Labute approximate surface area is 84.8 Å². The van der Waals surface area contributed by atoms with Crippen molar-refractivity contribution < 1.29 is 4.79 Å². The second-order valence-electron chi connectivity index (χ2n) is 4.91. The number of likely N-dealkylation sites (N-methyl/N-ethyl adjacent to an activating group) is 1. The zero-order valence-corrected chi connectivity index (χ0v) is 8.92. The van der Waals surface area contributed by atoms with E-state index in [0.717, 1.165) is 13.1 Å². The SMILES string of the molecule is CC(N)C(=O)NC1CN(C)CC12CC2. The van der Waals surface area contributed by atoms with Crippen molar-refractivity contribution in [3.05, 3.63) is 0 Å². The Bertz CT molecular complexity index is 248. The van der Waals surface area contributed by atoms with Gasteiger partial charge in [0.1, 0.15) is 0 Å². The van der Waals surface area contributed by atoms with Crippen LogP contribution in [0, 0.1) is 5.41 Å². The number of carbonyl (C=O) groups is 1. The number of hydrogen-bond donors (Lipinski definition) is 2. The fourth-order valence-electron chi connectivity index (χ4n) is 2.39. The first-order valence-electron chi connectivity index (χ1n) is 5.28. The van der Waals surface area contributed by atoms with Gasteiger partial charge in [-0.2, -0.15) is 0 Å². The molecule has 0 aromatic rings. The number of amides is 1. The summed E-state index contributed by atoms with van der Waals surface area (Å²) in [7, 11) is 2.11. The highest BCUT2D eigenvalue weighted by Crippen LogP contribution is 2.52. The van der Waals surface area contributed by atoms with E-state index in [9.17, 15) is 4.79 Å². The third-order valence-corrected chi connectivity index (χ3v) is 3.44. The molecule has 1 spiro atoms. The molecule has 1 saturated heterocycles. The summed E-state index contributed by atoms with van der Waals surface area (Å²) in [6, 6.07) is -0.0669. The second-order valence-corrected chi connectivity index (χ2v) is 4.91. The van der Waals surface area contributed by atoms with Crippen LogP contribution in [0.2, 0.25) is 0 Å². The predicted octanol–water partition coefficient (Wildman–Crippen LogP) is -0.456. The molecule has 3 N–H and O–H groups in total. The summed E-state index contributed by atoms with van der Waals surface area (Å²) < 4.78 is 0. The van der Waals surface area contributed by atoms with Crippen molar-refractivity contribution in [2.45, 2.75) is 31.8 Å². The minimum absolute atomic E-state index is 0.0171. The third-order valence-electron chi connectivity index (χ3n) is 3.44. The molecular formula is C10H19N3O. The molecule has 2 atom stereocenters. The Morgan fingerprint density at radius 3 is 2.79 bits per heavy atom. The van der Waals surface area contributed by atoms with E-state index in [1.54, 1.807) is 6.92 Å². The first-order valence-corrected chi connectivity index (χ1v) is 5.28. The van der Waals surface area contributed by atoms with Crippen LogP contribution in [-0.4, -0.2) is 43.0 Å². The molecule has 1 aliphatic carbocycles. The number of nitrogens with two attached hydrogens (primary N) is 1. The number of carbonyl (C=O) groups excluding carboxylic acids is 1. The molecule has 2 unspecified atom stereocenters. The van der Waals surface area contributed by atoms with Gasteiger partial charge in [0.2, 0.25) is 5.91 Å². The molecule has 1 saturated carbocycles. The first kappa shape index (κ1) is 9.93. The average Bonchev–Trinajstić information content (AvgIpc) is 2.76. The zero-order valence-electron chi connectivity index (χ0n) is 8.92. The van der Waals surface area contributed by atoms with Crippen LogP contribution in [0.1, 0.15) is 19.8 Å². The van der Waals surface area contributed by atoms with Crippen molar-refractivity contribution in [3.63, 3.8) is 0 Å². The summed E-state index contributed by atoms with van der Waals surface area (Å²) in [5.74, 6) is -0.0171. The van der Waals surface area contributed by atoms with Gasteiger partial charge in [0.15, 0.2) is 0 Å². The molecule has 2 rings (SSSR count). The standard InChI is InChI=1S/C10H19N3O/c1-7(11)9(14)12-8-5-13(2)6-10(8)3-4-10/h7-8H,3-6,11H2,1-2H3,(H,12,14). The van der Waals surface area contributed by atoms with Gasteiger partial charge in [-0.25, -0.2) is 0 Å². The molecule has 1 heterocycles. The van der Waals surface area contributed by atoms with Crippen molar-refractivity contribution in [2.24, 2.45) is 11.1 Å². The van der Waals surface area contributed by atoms with Crippen LogP contribution in [0.3, 0.4) is 0 Å². The number of nitrogens with zero attached hydrogens (tertiary/aromatic N) is 1. The summed E-state index contributed by atoms with van der Waals surface area (Å²) in [5.41, 5.74) is 5.92. The molecule has 1 aliphatic heterocycles. The van der Waals surface area contributed by atoms with Crippen LogP contribution in [0.4, 0.5) is 0 Å². The first-order chi connectivity index (χ1) is 6.53. The maximum absolute atomic E-state index is 11.5. The fourth-order valence-corrected chi connectivity index (χ4v) is 2.39. The van der Waals surface area contributed by atoms with E-state index in [4.69, 9.17) is 5.73 Å².